The fourth-order valence-electron chi connectivity index (χ4n) is 9.20. The Bertz CT molecular complexity index is 935. The number of carbonyl (C=O) groups excluding carboxylic acids is 3. The zero-order chi connectivity index (χ0) is 46.3. The number of ether oxygens (including phenoxy) is 2. The lowest BCUT2D eigenvalue weighted by atomic mass is 9.96. The number of rotatable bonds is 50. The monoisotopic (exact) mass is 891 g/mol. The highest BCUT2D eigenvalue weighted by molar-refractivity contribution is 5.76. The molecule has 0 saturated heterocycles. The van der Waals surface area contributed by atoms with Crippen LogP contribution in [0.4, 0.5) is 0 Å². The number of esters is 2. The third-order valence-electron chi connectivity index (χ3n) is 13.5. The van der Waals surface area contributed by atoms with E-state index in [1.54, 1.807) is 0 Å². The van der Waals surface area contributed by atoms with E-state index in [0.29, 0.717) is 56.3 Å². The van der Waals surface area contributed by atoms with Gasteiger partial charge in [0, 0.05) is 31.8 Å². The molecule has 0 saturated carbocycles. The molecule has 0 aromatic heterocycles. The number of amides is 1. The van der Waals surface area contributed by atoms with Crippen LogP contribution < -0.4 is 5.32 Å². The smallest absolute Gasteiger partial charge is 0.305 e. The lowest BCUT2D eigenvalue weighted by Gasteiger charge is -2.33. The van der Waals surface area contributed by atoms with E-state index in [1.165, 1.54) is 154 Å². The second-order valence-electron chi connectivity index (χ2n) is 19.6. The summed E-state index contributed by atoms with van der Waals surface area (Å²) in [4.78, 5) is 41.3. The lowest BCUT2D eigenvalue weighted by molar-refractivity contribution is -0.146. The van der Waals surface area contributed by atoms with Crippen LogP contribution in [0.5, 0.6) is 0 Å². The highest BCUT2D eigenvalue weighted by Crippen LogP contribution is 2.23. The van der Waals surface area contributed by atoms with Crippen LogP contribution in [0.25, 0.3) is 0 Å². The Labute approximate surface area is 393 Å². The van der Waals surface area contributed by atoms with E-state index < -0.39 is 0 Å². The molecule has 63 heavy (non-hydrogen) atoms. The second-order valence-corrected chi connectivity index (χ2v) is 19.6. The van der Waals surface area contributed by atoms with Crippen LogP contribution in [0, 0.1) is 11.8 Å². The first-order valence-electron chi connectivity index (χ1n) is 28.1. The number of unbranched alkanes of at least 4 members (excludes halogenated alkanes) is 23. The Morgan fingerprint density at radius 2 is 0.730 bits per heavy atom. The molecule has 0 aliphatic heterocycles. The van der Waals surface area contributed by atoms with Crippen molar-refractivity contribution in [1.29, 1.82) is 0 Å². The van der Waals surface area contributed by atoms with E-state index in [1.807, 2.05) is 7.05 Å². The Morgan fingerprint density at radius 1 is 0.397 bits per heavy atom. The average molecular weight is 892 g/mol. The molecule has 2 unspecified atom stereocenters. The maximum absolute atomic E-state index is 13.8. The van der Waals surface area contributed by atoms with Crippen molar-refractivity contribution in [3.8, 4) is 0 Å². The van der Waals surface area contributed by atoms with Gasteiger partial charge in [0.15, 0.2) is 0 Å². The molecule has 374 valence electrons. The molecule has 2 atom stereocenters. The minimum Gasteiger partial charge on any atom is -0.465 e. The molecule has 1 amide bonds. The van der Waals surface area contributed by atoms with Crippen molar-refractivity contribution in [1.82, 2.24) is 10.2 Å². The largest absolute Gasteiger partial charge is 0.465 e. The van der Waals surface area contributed by atoms with Gasteiger partial charge < -0.3 is 19.7 Å². The summed E-state index contributed by atoms with van der Waals surface area (Å²) >= 11 is 0. The molecule has 0 aliphatic carbocycles. The van der Waals surface area contributed by atoms with Gasteiger partial charge in [0.1, 0.15) is 0 Å². The molecule has 0 heterocycles. The molecule has 7 nitrogen and oxygen atoms in total. The molecule has 0 spiro atoms. The summed E-state index contributed by atoms with van der Waals surface area (Å²) in [6, 6.07) is 0.319. The second kappa shape index (κ2) is 48.3. The predicted molar refractivity (Wildman–Crippen MR) is 271 cm³/mol. The van der Waals surface area contributed by atoms with E-state index in [4.69, 9.17) is 9.47 Å². The van der Waals surface area contributed by atoms with Gasteiger partial charge >= 0.3 is 11.9 Å². The van der Waals surface area contributed by atoms with Gasteiger partial charge in [-0.05, 0) is 89.6 Å². The molecule has 0 radical (unpaired) electrons. The zero-order valence-corrected chi connectivity index (χ0v) is 43.3. The van der Waals surface area contributed by atoms with Gasteiger partial charge in [-0.1, -0.05) is 208 Å². The molecular formula is C56H110N2O5. The summed E-state index contributed by atoms with van der Waals surface area (Å²) in [5.41, 5.74) is 0. The van der Waals surface area contributed by atoms with Crippen LogP contribution in [-0.4, -0.2) is 62.1 Å². The number of hydrogen-bond acceptors (Lipinski definition) is 6. The molecule has 0 rings (SSSR count). The van der Waals surface area contributed by atoms with Crippen LogP contribution in [0.3, 0.4) is 0 Å². The quantitative estimate of drug-likeness (QED) is 0.0484. The van der Waals surface area contributed by atoms with Crippen LogP contribution in [0.1, 0.15) is 291 Å². The van der Waals surface area contributed by atoms with Crippen LogP contribution in [0.15, 0.2) is 0 Å². The Morgan fingerprint density at radius 3 is 1.14 bits per heavy atom. The van der Waals surface area contributed by atoms with Crippen molar-refractivity contribution in [2.24, 2.45) is 11.8 Å². The third kappa shape index (κ3) is 40.4. The fraction of sp³-hybridized carbons (Fsp3) is 0.946. The highest BCUT2D eigenvalue weighted by Gasteiger charge is 2.23. The van der Waals surface area contributed by atoms with E-state index >= 15 is 0 Å². The predicted octanol–water partition coefficient (Wildman–Crippen LogP) is 16.4. The first-order valence-corrected chi connectivity index (χ1v) is 28.1. The van der Waals surface area contributed by atoms with Crippen molar-refractivity contribution >= 4 is 17.8 Å². The van der Waals surface area contributed by atoms with Gasteiger partial charge in [0.05, 0.1) is 13.2 Å². The Balaban J connectivity index is 4.88. The van der Waals surface area contributed by atoms with E-state index in [-0.39, 0.29) is 11.9 Å². The SMILES string of the molecule is CCCCCCCCC(=O)N(CCCNC)C(CCCCCCCCC(=O)OCC(CCCC)CCCCCC)CCCCCCCCC(=O)OCC(CCCC)CCCCCC. The standard InChI is InChI=1S/C56H110N2O5/c1-7-12-17-20-27-34-44-54(59)58(48-37-47-57-6)53(42-32-25-21-23-28-35-45-55(60)62-49-51(38-15-10-4)40-30-18-13-8-2)43-33-26-22-24-29-36-46-56(61)63-50-52(39-16-11-5)41-31-19-14-9-3/h51-53,57H,7-50H2,1-6H3. The number of nitrogens with zero attached hydrogens (tertiary/aromatic N) is 1. The molecular weight excluding hydrogens is 781 g/mol. The first kappa shape index (κ1) is 61.4. The van der Waals surface area contributed by atoms with Crippen LogP contribution in [0.2, 0.25) is 0 Å². The van der Waals surface area contributed by atoms with Crippen LogP contribution >= 0.6 is 0 Å². The molecule has 0 fully saturated rings. The summed E-state index contributed by atoms with van der Waals surface area (Å²) in [6.45, 7) is 14.3. The number of hydrogen-bond donors (Lipinski definition) is 1. The summed E-state index contributed by atoms with van der Waals surface area (Å²) in [5.74, 6) is 1.40. The first-order chi connectivity index (χ1) is 30.9. The van der Waals surface area contributed by atoms with E-state index in [9.17, 15) is 14.4 Å². The third-order valence-corrected chi connectivity index (χ3v) is 13.5. The highest BCUT2D eigenvalue weighted by atomic mass is 16.5. The molecule has 7 heteroatoms. The average Bonchev–Trinajstić information content (AvgIpc) is 3.28. The van der Waals surface area contributed by atoms with Gasteiger partial charge in [-0.3, -0.25) is 14.4 Å². The molecule has 0 aromatic carbocycles. The summed E-state index contributed by atoms with van der Waals surface area (Å²) in [5, 5.41) is 3.30. The molecule has 1 N–H and O–H groups in total. The van der Waals surface area contributed by atoms with Gasteiger partial charge in [0.25, 0.3) is 0 Å². The van der Waals surface area contributed by atoms with Crippen molar-refractivity contribution in [3.05, 3.63) is 0 Å². The van der Waals surface area contributed by atoms with Crippen molar-refractivity contribution in [3.63, 3.8) is 0 Å². The number of nitrogens with one attached hydrogen (secondary N) is 1. The number of carbonyl (C=O) groups is 3. The maximum atomic E-state index is 13.8. The maximum Gasteiger partial charge on any atom is 0.305 e. The normalized spacial score (nSPS) is 12.9. The van der Waals surface area contributed by atoms with E-state index in [0.717, 1.165) is 96.6 Å². The van der Waals surface area contributed by atoms with Gasteiger partial charge in [-0.2, -0.15) is 0 Å². The van der Waals surface area contributed by atoms with Crippen molar-refractivity contribution in [2.45, 2.75) is 297 Å². The van der Waals surface area contributed by atoms with Crippen molar-refractivity contribution in [2.75, 3.05) is 33.4 Å². The summed E-state index contributed by atoms with van der Waals surface area (Å²) in [7, 11) is 2.01. The minimum atomic E-state index is -0.00791. The minimum absolute atomic E-state index is 0.00791. The fourth-order valence-corrected chi connectivity index (χ4v) is 9.20. The molecule has 0 aliphatic rings. The summed E-state index contributed by atoms with van der Waals surface area (Å²) < 4.78 is 11.5. The topological polar surface area (TPSA) is 84.9 Å². The Kier molecular flexibility index (Phi) is 47.1. The summed E-state index contributed by atoms with van der Waals surface area (Å²) in [6.07, 6.45) is 45.4. The lowest BCUT2D eigenvalue weighted by Crippen LogP contribution is -2.41. The van der Waals surface area contributed by atoms with E-state index in [2.05, 4.69) is 44.8 Å². The molecule has 0 aromatic rings. The van der Waals surface area contributed by atoms with Gasteiger partial charge in [-0.25, -0.2) is 0 Å². The van der Waals surface area contributed by atoms with Gasteiger partial charge in [0.2, 0.25) is 5.91 Å². The Hall–Kier alpha value is -1.63. The van der Waals surface area contributed by atoms with Gasteiger partial charge in [-0.15, -0.1) is 0 Å². The van der Waals surface area contributed by atoms with Crippen molar-refractivity contribution < 1.29 is 23.9 Å². The molecule has 0 bridgehead atoms. The van der Waals surface area contributed by atoms with Crippen LogP contribution in [-0.2, 0) is 23.9 Å². The zero-order valence-electron chi connectivity index (χ0n) is 43.3.